The Morgan fingerprint density at radius 3 is 2.18 bits per heavy atom. The number of guanidine groups is 1. The highest BCUT2D eigenvalue weighted by molar-refractivity contribution is 5.99. The number of amides is 3. The van der Waals surface area contributed by atoms with Crippen LogP contribution in [0.5, 0.6) is 0 Å². The summed E-state index contributed by atoms with van der Waals surface area (Å²) in [5.74, 6) is 0.229. The Kier molecular flexibility index (Phi) is 10.9. The van der Waals surface area contributed by atoms with Gasteiger partial charge in [0.15, 0.2) is 0 Å². The third-order valence-corrected chi connectivity index (χ3v) is 3.18. The maximum atomic E-state index is 12.0. The van der Waals surface area contributed by atoms with Crippen LogP contribution >= 0.6 is 0 Å². The molecule has 0 rings (SSSR count). The number of nitrogens with one attached hydrogen (secondary N) is 1. The predicted molar refractivity (Wildman–Crippen MR) is 88.1 cm³/mol. The number of aliphatic imine (C=N–C) groups is 1. The van der Waals surface area contributed by atoms with E-state index in [-0.39, 0.29) is 12.0 Å². The summed E-state index contributed by atoms with van der Waals surface area (Å²) in [6.07, 6.45) is 6.28. The molecule has 0 saturated heterocycles. The van der Waals surface area contributed by atoms with Crippen molar-refractivity contribution in [2.75, 3.05) is 34.8 Å². The van der Waals surface area contributed by atoms with Crippen molar-refractivity contribution in [3.05, 3.63) is 0 Å². The minimum Gasteiger partial charge on any atom is -0.451 e. The first kappa shape index (κ1) is 20.2. The number of ether oxygens (including phenoxy) is 1. The fourth-order valence-electron chi connectivity index (χ4n) is 1.91. The van der Waals surface area contributed by atoms with Crippen molar-refractivity contribution in [3.8, 4) is 0 Å². The fourth-order valence-corrected chi connectivity index (χ4v) is 1.91. The van der Waals surface area contributed by atoms with Crippen LogP contribution in [0, 0.1) is 0 Å². The molecule has 0 aromatic rings. The van der Waals surface area contributed by atoms with Gasteiger partial charge in [0.05, 0.1) is 7.11 Å². The molecule has 0 heterocycles. The number of carbonyl (C=O) groups is 2. The summed E-state index contributed by atoms with van der Waals surface area (Å²) in [6, 6.07) is -0.287. The van der Waals surface area contributed by atoms with Crippen molar-refractivity contribution < 1.29 is 14.3 Å². The van der Waals surface area contributed by atoms with Gasteiger partial charge in [-0.3, -0.25) is 4.90 Å². The van der Waals surface area contributed by atoms with E-state index in [4.69, 9.17) is 0 Å². The van der Waals surface area contributed by atoms with E-state index in [1.807, 2.05) is 0 Å². The van der Waals surface area contributed by atoms with Crippen LogP contribution in [0.25, 0.3) is 0 Å². The zero-order chi connectivity index (χ0) is 17.0. The summed E-state index contributed by atoms with van der Waals surface area (Å²) >= 11 is 0. The molecule has 0 aliphatic heterocycles. The molecular formula is C15H30N4O3. The summed E-state index contributed by atoms with van der Waals surface area (Å²) < 4.78 is 4.49. The zero-order valence-corrected chi connectivity index (χ0v) is 14.5. The average Bonchev–Trinajstić information content (AvgIpc) is 2.50. The second-order valence-electron chi connectivity index (χ2n) is 5.33. The molecular weight excluding hydrogens is 284 g/mol. The number of hydrogen-bond acceptors (Lipinski definition) is 3. The zero-order valence-electron chi connectivity index (χ0n) is 14.5. The summed E-state index contributed by atoms with van der Waals surface area (Å²) in [7, 11) is 6.23. The molecule has 128 valence electrons. The molecule has 0 aliphatic rings. The lowest BCUT2D eigenvalue weighted by Gasteiger charge is -2.24. The van der Waals surface area contributed by atoms with Crippen LogP contribution in [-0.4, -0.2) is 62.7 Å². The van der Waals surface area contributed by atoms with Gasteiger partial charge in [0.25, 0.3) is 0 Å². The van der Waals surface area contributed by atoms with Crippen LogP contribution in [0.3, 0.4) is 0 Å². The van der Waals surface area contributed by atoms with Gasteiger partial charge in [0.1, 0.15) is 0 Å². The summed E-state index contributed by atoms with van der Waals surface area (Å²) in [4.78, 5) is 29.9. The number of carbonyl (C=O) groups excluding carboxylic acids is 2. The van der Waals surface area contributed by atoms with E-state index >= 15 is 0 Å². The topological polar surface area (TPSA) is 74.2 Å². The molecule has 0 unspecified atom stereocenters. The number of methoxy groups -OCH3 is 1. The molecule has 1 N–H and O–H groups in total. The predicted octanol–water partition coefficient (Wildman–Crippen LogP) is 2.67. The monoisotopic (exact) mass is 314 g/mol. The molecule has 7 heteroatoms. The van der Waals surface area contributed by atoms with Crippen LogP contribution in [0.15, 0.2) is 4.99 Å². The third-order valence-electron chi connectivity index (χ3n) is 3.18. The van der Waals surface area contributed by atoms with Gasteiger partial charge < -0.3 is 15.0 Å². The largest absolute Gasteiger partial charge is 0.451 e. The molecule has 0 spiro atoms. The van der Waals surface area contributed by atoms with Gasteiger partial charge in [-0.05, 0) is 6.42 Å². The molecule has 7 nitrogen and oxygen atoms in total. The lowest BCUT2D eigenvalue weighted by Crippen LogP contribution is -2.47. The Bertz CT molecular complexity index is 370. The maximum Gasteiger partial charge on any atom is 0.436 e. The Morgan fingerprint density at radius 2 is 1.64 bits per heavy atom. The molecule has 3 amide bonds. The first-order valence-electron chi connectivity index (χ1n) is 7.79. The summed E-state index contributed by atoms with van der Waals surface area (Å²) in [6.45, 7) is 2.81. The van der Waals surface area contributed by atoms with E-state index < -0.39 is 6.09 Å². The lowest BCUT2D eigenvalue weighted by atomic mass is 10.1. The summed E-state index contributed by atoms with van der Waals surface area (Å²) in [5, 5.41) is 2.83. The molecule has 0 saturated carbocycles. The Labute approximate surface area is 133 Å². The van der Waals surface area contributed by atoms with Gasteiger partial charge in [0.2, 0.25) is 5.96 Å². The lowest BCUT2D eigenvalue weighted by molar-refractivity contribution is 0.181. The minimum atomic E-state index is -0.737. The van der Waals surface area contributed by atoms with Crippen molar-refractivity contribution in [2.24, 2.45) is 4.99 Å². The first-order chi connectivity index (χ1) is 10.4. The van der Waals surface area contributed by atoms with Crippen molar-refractivity contribution in [1.82, 2.24) is 15.1 Å². The molecule has 0 radical (unpaired) electrons. The highest BCUT2D eigenvalue weighted by atomic mass is 16.5. The van der Waals surface area contributed by atoms with Crippen LogP contribution in [0.4, 0.5) is 9.59 Å². The van der Waals surface area contributed by atoms with E-state index in [0.29, 0.717) is 6.54 Å². The third kappa shape index (κ3) is 8.49. The fraction of sp³-hybridized carbons (Fsp3) is 0.800. The van der Waals surface area contributed by atoms with Gasteiger partial charge in [-0.25, -0.2) is 9.59 Å². The van der Waals surface area contributed by atoms with Gasteiger partial charge in [-0.2, -0.15) is 0 Å². The maximum absolute atomic E-state index is 12.0. The van der Waals surface area contributed by atoms with E-state index in [1.165, 1.54) is 37.7 Å². The molecule has 0 fully saturated rings. The Morgan fingerprint density at radius 1 is 1.05 bits per heavy atom. The molecule has 0 aromatic heterocycles. The van der Waals surface area contributed by atoms with Gasteiger partial charge >= 0.3 is 12.1 Å². The Balaban J connectivity index is 4.22. The van der Waals surface area contributed by atoms with Crippen LogP contribution in [0.1, 0.15) is 45.4 Å². The number of rotatable bonds is 7. The van der Waals surface area contributed by atoms with Gasteiger partial charge in [-0.1, -0.05) is 39.0 Å². The molecule has 0 bridgehead atoms. The highest BCUT2D eigenvalue weighted by Gasteiger charge is 2.18. The molecule has 0 atom stereocenters. The van der Waals surface area contributed by atoms with E-state index in [1.54, 1.807) is 26.0 Å². The van der Waals surface area contributed by atoms with Crippen molar-refractivity contribution in [3.63, 3.8) is 0 Å². The van der Waals surface area contributed by atoms with Crippen molar-refractivity contribution in [2.45, 2.75) is 45.4 Å². The normalized spacial score (nSPS) is 11.0. The number of hydrogen-bond donors (Lipinski definition) is 1. The standard InChI is InChI=1S/C15H30N4O3/c1-6-7-8-9-10-11-12-16-14(20)19(4)13(18(2)3)17-15(21)22-5/h6-12H2,1-5H3,(H,16,20). The van der Waals surface area contributed by atoms with Gasteiger partial charge in [0, 0.05) is 27.7 Å². The van der Waals surface area contributed by atoms with Crippen LogP contribution in [0.2, 0.25) is 0 Å². The van der Waals surface area contributed by atoms with Gasteiger partial charge in [-0.15, -0.1) is 4.99 Å². The second kappa shape index (κ2) is 11.8. The molecule has 0 aliphatic carbocycles. The van der Waals surface area contributed by atoms with Crippen molar-refractivity contribution >= 4 is 18.1 Å². The number of unbranched alkanes of at least 4 members (excludes halogenated alkanes) is 5. The first-order valence-corrected chi connectivity index (χ1v) is 7.79. The molecule has 0 aromatic carbocycles. The quantitative estimate of drug-likeness (QED) is 0.445. The van der Waals surface area contributed by atoms with E-state index in [0.717, 1.165) is 12.8 Å². The summed E-state index contributed by atoms with van der Waals surface area (Å²) in [5.41, 5.74) is 0. The average molecular weight is 314 g/mol. The van der Waals surface area contributed by atoms with E-state index in [2.05, 4.69) is 22.0 Å². The minimum absolute atomic E-state index is 0.229. The smallest absolute Gasteiger partial charge is 0.436 e. The highest BCUT2D eigenvalue weighted by Crippen LogP contribution is 2.04. The van der Waals surface area contributed by atoms with Crippen molar-refractivity contribution in [1.29, 1.82) is 0 Å². The number of urea groups is 1. The molecule has 22 heavy (non-hydrogen) atoms. The van der Waals surface area contributed by atoms with E-state index in [9.17, 15) is 9.59 Å². The SMILES string of the molecule is CCCCCCCCNC(=O)N(C)C(=NC(=O)OC)N(C)C. The van der Waals surface area contributed by atoms with Crippen LogP contribution < -0.4 is 5.32 Å². The Hall–Kier alpha value is -1.79. The second-order valence-corrected chi connectivity index (χ2v) is 5.33. The number of nitrogens with zero attached hydrogens (tertiary/aromatic N) is 3. The van der Waals surface area contributed by atoms with Crippen LogP contribution in [-0.2, 0) is 4.74 Å².